The molecule has 2 N–H and O–H groups in total. The predicted molar refractivity (Wildman–Crippen MR) is 135 cm³/mol. The summed E-state index contributed by atoms with van der Waals surface area (Å²) in [6, 6.07) is 6.15. The zero-order valence-corrected chi connectivity index (χ0v) is 21.8. The number of hydrogen-bond acceptors (Lipinski definition) is 7. The second-order valence-corrected chi connectivity index (χ2v) is 9.02. The Kier molecular flexibility index (Phi) is 10.6. The van der Waals surface area contributed by atoms with Gasteiger partial charge in [-0.25, -0.2) is 4.79 Å². The fourth-order valence-electron chi connectivity index (χ4n) is 3.48. The van der Waals surface area contributed by atoms with E-state index in [0.29, 0.717) is 50.0 Å². The summed E-state index contributed by atoms with van der Waals surface area (Å²) >= 11 is 12.3. The van der Waals surface area contributed by atoms with Gasteiger partial charge in [-0.05, 0) is 30.2 Å². The Balaban J connectivity index is 0.000000509. The summed E-state index contributed by atoms with van der Waals surface area (Å²) in [6.07, 6.45) is 2.16. The maximum atomic E-state index is 12.0. The largest absolute Gasteiger partial charge is 0.493 e. The number of esters is 1. The van der Waals surface area contributed by atoms with Crippen molar-refractivity contribution in [1.29, 1.82) is 0 Å². The highest BCUT2D eigenvalue weighted by Crippen LogP contribution is 2.37. The highest BCUT2D eigenvalue weighted by atomic mass is 35.5. The third kappa shape index (κ3) is 7.34. The fourth-order valence-corrected chi connectivity index (χ4v) is 4.00. The first-order valence-electron chi connectivity index (χ1n) is 11.1. The van der Waals surface area contributed by atoms with Crippen LogP contribution >= 0.6 is 23.2 Å². The zero-order chi connectivity index (χ0) is 25.4. The fraction of sp³-hybridized carbons (Fsp3) is 0.440. The molecular weight excluding hydrogens is 479 g/mol. The standard InChI is InChI=1S/C19H17Cl2NO5.C6H15N/c1-3-26-19(24)17-7-11-10(4-5-16(25-2)18(11)27-17)15(23)6-12-13(20)8-22-9-14(12)21;1-5(2)7-6(3)4/h4-5,7-9,15,23H,3,6H2,1-2H3;5-7H,1-4H3. The van der Waals surface area contributed by atoms with E-state index < -0.39 is 12.1 Å². The van der Waals surface area contributed by atoms with Gasteiger partial charge in [0.25, 0.3) is 0 Å². The monoisotopic (exact) mass is 510 g/mol. The summed E-state index contributed by atoms with van der Waals surface area (Å²) < 4.78 is 15.9. The van der Waals surface area contributed by atoms with Crippen LogP contribution in [0.25, 0.3) is 11.0 Å². The number of benzene rings is 1. The topological polar surface area (TPSA) is 93.8 Å². The van der Waals surface area contributed by atoms with Crippen LogP contribution < -0.4 is 10.1 Å². The molecule has 0 fully saturated rings. The summed E-state index contributed by atoms with van der Waals surface area (Å²) in [6.45, 7) is 10.5. The van der Waals surface area contributed by atoms with Crippen molar-refractivity contribution < 1.29 is 23.8 Å². The molecule has 0 radical (unpaired) electrons. The molecule has 0 spiro atoms. The van der Waals surface area contributed by atoms with Gasteiger partial charge in [0.1, 0.15) is 0 Å². The lowest BCUT2D eigenvalue weighted by molar-refractivity contribution is 0.0492. The highest BCUT2D eigenvalue weighted by molar-refractivity contribution is 6.35. The van der Waals surface area contributed by atoms with E-state index in [1.807, 2.05) is 0 Å². The second-order valence-electron chi connectivity index (χ2n) is 8.21. The first-order chi connectivity index (χ1) is 16.1. The summed E-state index contributed by atoms with van der Waals surface area (Å²) in [7, 11) is 1.49. The number of aliphatic hydroxyl groups excluding tert-OH is 1. The molecule has 0 aliphatic carbocycles. The van der Waals surface area contributed by atoms with E-state index in [2.05, 4.69) is 38.0 Å². The molecule has 2 heterocycles. The molecule has 1 unspecified atom stereocenters. The van der Waals surface area contributed by atoms with E-state index in [-0.39, 0.29) is 18.8 Å². The van der Waals surface area contributed by atoms with Crippen LogP contribution in [-0.2, 0) is 11.2 Å². The summed E-state index contributed by atoms with van der Waals surface area (Å²) in [5.41, 5.74) is 1.48. The number of nitrogens with zero attached hydrogens (tertiary/aromatic N) is 1. The second kappa shape index (κ2) is 13.0. The summed E-state index contributed by atoms with van der Waals surface area (Å²) in [5, 5.41) is 15.4. The van der Waals surface area contributed by atoms with Gasteiger partial charge >= 0.3 is 5.97 Å². The normalized spacial score (nSPS) is 12.0. The van der Waals surface area contributed by atoms with Crippen LogP contribution in [-0.4, -0.2) is 41.9 Å². The minimum absolute atomic E-state index is 0.0322. The SMILES string of the molecule is CC(C)NC(C)C.CCOC(=O)c1cc2c(C(O)Cc3c(Cl)cncc3Cl)ccc(OC)c2o1. The minimum atomic E-state index is -0.941. The van der Waals surface area contributed by atoms with E-state index in [0.717, 1.165) is 0 Å². The van der Waals surface area contributed by atoms with E-state index in [4.69, 9.17) is 37.1 Å². The molecule has 9 heteroatoms. The van der Waals surface area contributed by atoms with Crippen LogP contribution in [0, 0.1) is 0 Å². The van der Waals surface area contributed by atoms with Gasteiger partial charge in [0.2, 0.25) is 5.76 Å². The maximum absolute atomic E-state index is 12.0. The van der Waals surface area contributed by atoms with Crippen molar-refractivity contribution in [2.24, 2.45) is 0 Å². The highest BCUT2D eigenvalue weighted by Gasteiger charge is 2.22. The molecule has 186 valence electrons. The number of fused-ring (bicyclic) bond motifs is 1. The van der Waals surface area contributed by atoms with Gasteiger partial charge in [0, 0.05) is 36.3 Å². The van der Waals surface area contributed by atoms with Gasteiger partial charge in [-0.15, -0.1) is 0 Å². The summed E-state index contributed by atoms with van der Waals surface area (Å²) in [4.78, 5) is 15.9. The molecule has 0 aliphatic rings. The number of carbonyl (C=O) groups excluding carboxylic acids is 1. The quantitative estimate of drug-likeness (QED) is 0.359. The third-order valence-electron chi connectivity index (χ3n) is 4.75. The molecule has 0 aliphatic heterocycles. The number of rotatable bonds is 8. The van der Waals surface area contributed by atoms with Gasteiger partial charge in [0.05, 0.1) is 29.9 Å². The Morgan fingerprint density at radius 2 is 1.76 bits per heavy atom. The Bertz CT molecular complexity index is 1070. The van der Waals surface area contributed by atoms with Crippen molar-refractivity contribution in [3.05, 3.63) is 57.5 Å². The molecule has 0 bridgehead atoms. The molecule has 7 nitrogen and oxygen atoms in total. The number of hydrogen-bond donors (Lipinski definition) is 2. The molecule has 0 amide bonds. The van der Waals surface area contributed by atoms with Crippen LogP contribution in [0.2, 0.25) is 10.0 Å². The molecule has 0 saturated heterocycles. The molecule has 0 saturated carbocycles. The van der Waals surface area contributed by atoms with E-state index in [1.165, 1.54) is 25.6 Å². The molecule has 1 aromatic carbocycles. The minimum Gasteiger partial charge on any atom is -0.493 e. The first-order valence-corrected chi connectivity index (χ1v) is 11.8. The molecule has 3 rings (SSSR count). The van der Waals surface area contributed by atoms with Gasteiger partial charge in [-0.3, -0.25) is 4.98 Å². The van der Waals surface area contributed by atoms with Crippen molar-refractivity contribution in [2.75, 3.05) is 13.7 Å². The number of carbonyl (C=O) groups is 1. The van der Waals surface area contributed by atoms with Crippen molar-refractivity contribution >= 4 is 40.1 Å². The Morgan fingerprint density at radius 3 is 2.26 bits per heavy atom. The van der Waals surface area contributed by atoms with Crippen LogP contribution in [0.5, 0.6) is 5.75 Å². The van der Waals surface area contributed by atoms with Crippen LogP contribution in [0.1, 0.15) is 62.4 Å². The van der Waals surface area contributed by atoms with Gasteiger partial charge in [-0.1, -0.05) is 57.0 Å². The van der Waals surface area contributed by atoms with Crippen molar-refractivity contribution in [2.45, 2.75) is 59.2 Å². The molecule has 2 aromatic heterocycles. The van der Waals surface area contributed by atoms with Crippen LogP contribution in [0.15, 0.2) is 35.0 Å². The molecule has 3 aromatic rings. The van der Waals surface area contributed by atoms with Crippen molar-refractivity contribution in [3.63, 3.8) is 0 Å². The number of ether oxygens (including phenoxy) is 2. The van der Waals surface area contributed by atoms with E-state index >= 15 is 0 Å². The number of nitrogens with one attached hydrogen (secondary N) is 1. The predicted octanol–water partition coefficient (Wildman–Crippen LogP) is 5.99. The summed E-state index contributed by atoms with van der Waals surface area (Å²) in [5.74, 6) is -0.113. The van der Waals surface area contributed by atoms with Crippen LogP contribution in [0.3, 0.4) is 0 Å². The lowest BCUT2D eigenvalue weighted by Crippen LogP contribution is -2.29. The van der Waals surface area contributed by atoms with E-state index in [1.54, 1.807) is 19.1 Å². The van der Waals surface area contributed by atoms with Crippen LogP contribution in [0.4, 0.5) is 0 Å². The van der Waals surface area contributed by atoms with E-state index in [9.17, 15) is 9.90 Å². The average Bonchev–Trinajstić information content (AvgIpc) is 3.21. The maximum Gasteiger partial charge on any atom is 0.374 e. The van der Waals surface area contributed by atoms with Crippen molar-refractivity contribution in [1.82, 2.24) is 10.3 Å². The lowest BCUT2D eigenvalue weighted by Gasteiger charge is -2.15. The lowest BCUT2D eigenvalue weighted by atomic mass is 9.98. The average molecular weight is 511 g/mol. The van der Waals surface area contributed by atoms with Gasteiger partial charge < -0.3 is 24.3 Å². The Morgan fingerprint density at radius 1 is 1.15 bits per heavy atom. The molecule has 34 heavy (non-hydrogen) atoms. The molecular formula is C25H32Cl2N2O5. The number of aliphatic hydroxyl groups is 1. The van der Waals surface area contributed by atoms with Crippen molar-refractivity contribution in [3.8, 4) is 5.75 Å². The zero-order valence-electron chi connectivity index (χ0n) is 20.3. The van der Waals surface area contributed by atoms with Gasteiger partial charge in [0.15, 0.2) is 11.3 Å². The number of halogens is 2. The third-order valence-corrected chi connectivity index (χ3v) is 5.40. The first kappa shape index (κ1) is 27.9. The van der Waals surface area contributed by atoms with Gasteiger partial charge in [-0.2, -0.15) is 0 Å². The Labute approximate surface area is 210 Å². The molecule has 1 atom stereocenters. The number of pyridine rings is 1. The Hall–Kier alpha value is -2.32. The number of aromatic nitrogens is 1. The number of furan rings is 1. The number of methoxy groups -OCH3 is 1. The smallest absolute Gasteiger partial charge is 0.374 e.